The van der Waals surface area contributed by atoms with Crippen molar-refractivity contribution in [3.8, 4) is 0 Å². The first kappa shape index (κ1) is 17.7. The number of carbonyl (C=O) groups is 1. The first-order chi connectivity index (χ1) is 13.0. The molecule has 3 aliphatic heterocycles. The fraction of sp³-hybridized carbons (Fsp3) is 0.421. The van der Waals surface area contributed by atoms with Gasteiger partial charge in [0.05, 0.1) is 24.4 Å². The molecule has 1 aromatic rings. The van der Waals surface area contributed by atoms with Crippen molar-refractivity contribution in [1.29, 1.82) is 0 Å². The summed E-state index contributed by atoms with van der Waals surface area (Å²) in [6.07, 6.45) is 8.48. The van der Waals surface area contributed by atoms with Crippen LogP contribution in [0.3, 0.4) is 0 Å². The Morgan fingerprint density at radius 2 is 2.19 bits per heavy atom. The molecule has 1 atom stereocenters. The van der Waals surface area contributed by atoms with E-state index in [2.05, 4.69) is 14.9 Å². The fourth-order valence-electron chi connectivity index (χ4n) is 3.88. The van der Waals surface area contributed by atoms with Crippen molar-refractivity contribution in [2.75, 3.05) is 13.1 Å². The van der Waals surface area contributed by atoms with Crippen molar-refractivity contribution >= 4 is 11.8 Å². The van der Waals surface area contributed by atoms with Gasteiger partial charge in [0.2, 0.25) is 0 Å². The van der Waals surface area contributed by atoms with Crippen LogP contribution >= 0.6 is 0 Å². The van der Waals surface area contributed by atoms with E-state index in [0.29, 0.717) is 18.2 Å². The minimum Gasteiger partial charge on any atom is -0.478 e. The summed E-state index contributed by atoms with van der Waals surface area (Å²) in [5.74, 6) is -0.149. The van der Waals surface area contributed by atoms with Crippen LogP contribution in [-0.4, -0.2) is 55.9 Å². The second-order valence-corrected chi connectivity index (χ2v) is 7.22. The van der Waals surface area contributed by atoms with Crippen LogP contribution in [0, 0.1) is 5.82 Å². The van der Waals surface area contributed by atoms with E-state index in [4.69, 9.17) is 0 Å². The third-order valence-electron chi connectivity index (χ3n) is 5.18. The number of nitrogens with zero attached hydrogens (tertiary/aromatic N) is 5. The van der Waals surface area contributed by atoms with Crippen molar-refractivity contribution < 1.29 is 14.3 Å². The molecule has 4 rings (SSSR count). The molecule has 4 heterocycles. The summed E-state index contributed by atoms with van der Waals surface area (Å²) in [4.78, 5) is 22.5. The van der Waals surface area contributed by atoms with E-state index in [1.54, 1.807) is 6.20 Å². The normalized spacial score (nSPS) is 22.7. The lowest BCUT2D eigenvalue weighted by Gasteiger charge is -2.34. The predicted molar refractivity (Wildman–Crippen MR) is 97.8 cm³/mol. The Hall–Kier alpha value is -2.74. The number of carboxylic acid groups (broad SMARTS) is 1. The van der Waals surface area contributed by atoms with Gasteiger partial charge in [0.15, 0.2) is 5.82 Å². The highest BCUT2D eigenvalue weighted by molar-refractivity contribution is 5.96. The number of hydrogen-bond acceptors (Lipinski definition) is 6. The molecule has 1 fully saturated rings. The van der Waals surface area contributed by atoms with Gasteiger partial charge in [-0.05, 0) is 44.4 Å². The zero-order valence-corrected chi connectivity index (χ0v) is 15.3. The molecule has 27 heavy (non-hydrogen) atoms. The van der Waals surface area contributed by atoms with E-state index in [1.165, 1.54) is 12.3 Å². The number of fused-ring (bicyclic) bond motifs is 1. The number of carboxylic acids is 1. The lowest BCUT2D eigenvalue weighted by Crippen LogP contribution is -2.41. The number of aliphatic carboxylic acids is 1. The van der Waals surface area contributed by atoms with Gasteiger partial charge in [-0.25, -0.2) is 19.2 Å². The summed E-state index contributed by atoms with van der Waals surface area (Å²) in [5.41, 5.74) is 1.10. The van der Waals surface area contributed by atoms with Crippen molar-refractivity contribution in [3.63, 3.8) is 0 Å². The van der Waals surface area contributed by atoms with E-state index in [-0.39, 0.29) is 23.5 Å². The summed E-state index contributed by atoms with van der Waals surface area (Å²) in [6, 6.07) is 1.64. The van der Waals surface area contributed by atoms with Crippen LogP contribution in [0.1, 0.15) is 38.3 Å². The third kappa shape index (κ3) is 3.10. The van der Waals surface area contributed by atoms with Crippen LogP contribution < -0.4 is 0 Å². The molecule has 8 heteroatoms. The molecule has 0 saturated carbocycles. The number of aromatic nitrogens is 1. The maximum atomic E-state index is 13.6. The zero-order valence-electron chi connectivity index (χ0n) is 15.3. The molecular weight excluding hydrogens is 349 g/mol. The molecule has 1 saturated heterocycles. The van der Waals surface area contributed by atoms with E-state index < -0.39 is 5.97 Å². The Morgan fingerprint density at radius 3 is 2.89 bits per heavy atom. The van der Waals surface area contributed by atoms with E-state index >= 15 is 0 Å². The molecule has 0 aliphatic carbocycles. The summed E-state index contributed by atoms with van der Waals surface area (Å²) in [5, 5.41) is 13.4. The van der Waals surface area contributed by atoms with Gasteiger partial charge in [0, 0.05) is 25.0 Å². The summed E-state index contributed by atoms with van der Waals surface area (Å²) < 4.78 is 13.6. The van der Waals surface area contributed by atoms with Gasteiger partial charge in [-0.2, -0.15) is 0 Å². The molecule has 0 bridgehead atoms. The Morgan fingerprint density at radius 1 is 1.37 bits per heavy atom. The van der Waals surface area contributed by atoms with Crippen LogP contribution in [0.4, 0.5) is 4.39 Å². The number of rotatable bonds is 3. The SMILES string of the molecule is CC(C)N1CC(C(=O)O)=C2N=C(N3CCC[C@@H]3c3cncc(F)c3)C=CN21. The number of aliphatic imine (C=N–C) groups is 1. The third-order valence-corrected chi connectivity index (χ3v) is 5.18. The topological polar surface area (TPSA) is 72.3 Å². The second kappa shape index (κ2) is 6.77. The van der Waals surface area contributed by atoms with Crippen molar-refractivity contribution in [1.82, 2.24) is 19.9 Å². The molecule has 0 radical (unpaired) electrons. The van der Waals surface area contributed by atoms with Gasteiger partial charge in [0.25, 0.3) is 0 Å². The highest BCUT2D eigenvalue weighted by Gasteiger charge is 2.37. The number of amidine groups is 1. The van der Waals surface area contributed by atoms with E-state index in [0.717, 1.165) is 24.9 Å². The molecule has 0 aromatic carbocycles. The highest BCUT2D eigenvalue weighted by atomic mass is 19.1. The molecule has 0 unspecified atom stereocenters. The summed E-state index contributed by atoms with van der Waals surface area (Å²) in [7, 11) is 0. The fourth-order valence-corrected chi connectivity index (χ4v) is 3.88. The monoisotopic (exact) mass is 371 g/mol. The number of hydrogen-bond donors (Lipinski definition) is 1. The van der Waals surface area contributed by atoms with Gasteiger partial charge in [-0.3, -0.25) is 9.99 Å². The minimum absolute atomic E-state index is 0.0142. The van der Waals surface area contributed by atoms with Gasteiger partial charge < -0.3 is 10.0 Å². The average Bonchev–Trinajstić information content (AvgIpc) is 3.26. The van der Waals surface area contributed by atoms with Crippen LogP contribution in [0.15, 0.2) is 47.1 Å². The molecule has 7 nitrogen and oxygen atoms in total. The van der Waals surface area contributed by atoms with E-state index in [1.807, 2.05) is 36.1 Å². The highest BCUT2D eigenvalue weighted by Crippen LogP contribution is 2.35. The number of pyridine rings is 1. The Kier molecular flexibility index (Phi) is 4.43. The summed E-state index contributed by atoms with van der Waals surface area (Å²) in [6.45, 7) is 5.14. The first-order valence-corrected chi connectivity index (χ1v) is 9.12. The predicted octanol–water partition coefficient (Wildman–Crippen LogP) is 2.52. The lowest BCUT2D eigenvalue weighted by molar-refractivity contribution is -0.132. The maximum absolute atomic E-state index is 13.6. The van der Waals surface area contributed by atoms with Gasteiger partial charge in [0.1, 0.15) is 11.7 Å². The second-order valence-electron chi connectivity index (χ2n) is 7.22. The molecule has 1 aromatic heterocycles. The van der Waals surface area contributed by atoms with Crippen LogP contribution in [0.25, 0.3) is 0 Å². The standard InChI is InChI=1S/C19H22FN5O2/c1-12(2)25-11-15(19(26)27)18-22-17(5-7-24(18)25)23-6-3-4-16(23)13-8-14(20)10-21-9-13/h5,7-10,12,16H,3-4,6,11H2,1-2H3,(H,26,27)/t16-/m1/s1. The number of halogens is 1. The smallest absolute Gasteiger partial charge is 0.336 e. The lowest BCUT2D eigenvalue weighted by atomic mass is 10.1. The maximum Gasteiger partial charge on any atom is 0.336 e. The van der Waals surface area contributed by atoms with Crippen molar-refractivity contribution in [3.05, 3.63) is 53.5 Å². The first-order valence-electron chi connectivity index (χ1n) is 9.12. The molecule has 3 aliphatic rings. The van der Waals surface area contributed by atoms with E-state index in [9.17, 15) is 14.3 Å². The minimum atomic E-state index is -0.955. The van der Waals surface area contributed by atoms with Crippen molar-refractivity contribution in [2.24, 2.45) is 4.99 Å². The van der Waals surface area contributed by atoms with Crippen LogP contribution in [0.2, 0.25) is 0 Å². The largest absolute Gasteiger partial charge is 0.478 e. The number of likely N-dealkylation sites (tertiary alicyclic amines) is 1. The van der Waals surface area contributed by atoms with Gasteiger partial charge in [-0.1, -0.05) is 0 Å². The molecule has 142 valence electrons. The average molecular weight is 371 g/mol. The Balaban J connectivity index is 1.67. The summed E-state index contributed by atoms with van der Waals surface area (Å²) >= 11 is 0. The van der Waals surface area contributed by atoms with Gasteiger partial charge in [-0.15, -0.1) is 0 Å². The quantitative estimate of drug-likeness (QED) is 0.880. The van der Waals surface area contributed by atoms with Crippen LogP contribution in [-0.2, 0) is 4.79 Å². The van der Waals surface area contributed by atoms with Gasteiger partial charge >= 0.3 is 5.97 Å². The molecule has 0 amide bonds. The zero-order chi connectivity index (χ0) is 19.1. The molecular formula is C19H22FN5O2. The number of hydrazine groups is 1. The van der Waals surface area contributed by atoms with Crippen LogP contribution in [0.5, 0.6) is 0 Å². The Bertz CT molecular complexity index is 863. The molecule has 1 N–H and O–H groups in total. The molecule has 0 spiro atoms. The van der Waals surface area contributed by atoms with Crippen molar-refractivity contribution in [2.45, 2.75) is 38.8 Å². The Labute approximate surface area is 157 Å².